The number of likely N-dealkylation sites (tertiary alicyclic amines) is 1. The molecule has 3 aliphatic heterocycles. The summed E-state index contributed by atoms with van der Waals surface area (Å²) < 4.78 is 26.3. The van der Waals surface area contributed by atoms with Gasteiger partial charge in [-0.25, -0.2) is 14.4 Å². The van der Waals surface area contributed by atoms with Gasteiger partial charge >= 0.3 is 0 Å². The number of aliphatic hydroxyl groups excluding tert-OH is 1. The zero-order valence-corrected chi connectivity index (χ0v) is 25.3. The molecule has 6 rings (SSSR count). The molecule has 4 heterocycles. The van der Waals surface area contributed by atoms with Crippen LogP contribution in [0, 0.1) is 11.3 Å². The second-order valence-electron chi connectivity index (χ2n) is 11.8. The first-order chi connectivity index (χ1) is 21.8. The van der Waals surface area contributed by atoms with E-state index in [4.69, 9.17) is 9.47 Å². The zero-order valence-electron chi connectivity index (χ0n) is 25.3. The average Bonchev–Trinajstić information content (AvgIpc) is 3.02. The maximum absolute atomic E-state index is 15.0. The van der Waals surface area contributed by atoms with Crippen molar-refractivity contribution >= 4 is 23.2 Å². The molecule has 0 bridgehead atoms. The van der Waals surface area contributed by atoms with Gasteiger partial charge in [-0.1, -0.05) is 0 Å². The molecule has 12 nitrogen and oxygen atoms in total. The Morgan fingerprint density at radius 2 is 1.91 bits per heavy atom. The fourth-order valence-electron chi connectivity index (χ4n) is 5.95. The number of amides is 1. The Kier molecular flexibility index (Phi) is 9.07. The minimum absolute atomic E-state index is 0.188. The third-order valence-electron chi connectivity index (χ3n) is 8.67. The third-order valence-corrected chi connectivity index (χ3v) is 8.67. The van der Waals surface area contributed by atoms with Crippen molar-refractivity contribution in [2.75, 3.05) is 56.2 Å². The van der Waals surface area contributed by atoms with Gasteiger partial charge in [-0.05, 0) is 56.3 Å². The molecule has 2 N–H and O–H groups in total. The Morgan fingerprint density at radius 3 is 2.58 bits per heavy atom. The van der Waals surface area contributed by atoms with Gasteiger partial charge < -0.3 is 29.7 Å². The minimum atomic E-state index is -1.47. The number of piperidine rings is 1. The van der Waals surface area contributed by atoms with Crippen LogP contribution in [0.5, 0.6) is 5.75 Å². The summed E-state index contributed by atoms with van der Waals surface area (Å²) in [5.74, 6) is 0.445. The van der Waals surface area contributed by atoms with Gasteiger partial charge in [0.15, 0.2) is 12.0 Å². The summed E-state index contributed by atoms with van der Waals surface area (Å²) in [6.45, 7) is 8.67. The highest BCUT2D eigenvalue weighted by Crippen LogP contribution is 2.30. The number of hydrogen-bond acceptors (Lipinski definition) is 11. The number of benzene rings is 2. The standard InChI is InChI=1S/C32H37FN8O4/c1-20-13-29(27(33)16-41(20)31(43)21(2)42)45-28-8-3-22(14-23(28)15-34)30-35-19-36-32(38-30)37-24-4-6-25(7-5-24)39-9-11-40(12-10-39)26-17-44-18-26/h3-8,14,19-21,26-27,29,42H,9-13,16-18H2,1-2H3,(H,35,36,37,38)/t20-,21?,27+,29-/m0/s1. The second-order valence-corrected chi connectivity index (χ2v) is 11.8. The van der Waals surface area contributed by atoms with Gasteiger partial charge in [0.25, 0.3) is 5.91 Å². The van der Waals surface area contributed by atoms with Crippen molar-refractivity contribution in [1.82, 2.24) is 24.8 Å². The molecule has 3 saturated heterocycles. The van der Waals surface area contributed by atoms with Gasteiger partial charge in [0.1, 0.15) is 30.4 Å². The highest BCUT2D eigenvalue weighted by Gasteiger charge is 2.38. The second kappa shape index (κ2) is 13.3. The molecule has 1 amide bonds. The summed E-state index contributed by atoms with van der Waals surface area (Å²) in [7, 11) is 0. The first-order valence-corrected chi connectivity index (χ1v) is 15.3. The van der Waals surface area contributed by atoms with Crippen molar-refractivity contribution in [3.05, 3.63) is 54.4 Å². The van der Waals surface area contributed by atoms with Gasteiger partial charge in [0, 0.05) is 55.6 Å². The number of hydrogen-bond donors (Lipinski definition) is 2. The van der Waals surface area contributed by atoms with Gasteiger partial charge in [-0.15, -0.1) is 0 Å². The largest absolute Gasteiger partial charge is 0.486 e. The van der Waals surface area contributed by atoms with E-state index in [1.165, 1.54) is 23.8 Å². The van der Waals surface area contributed by atoms with Gasteiger partial charge in [0.2, 0.25) is 5.95 Å². The predicted molar refractivity (Wildman–Crippen MR) is 165 cm³/mol. The Labute approximate surface area is 261 Å². The van der Waals surface area contributed by atoms with Crippen LogP contribution >= 0.6 is 0 Å². The number of anilines is 3. The number of carbonyl (C=O) groups is 1. The van der Waals surface area contributed by atoms with E-state index in [-0.39, 0.29) is 30.3 Å². The Hall–Kier alpha value is -4.38. The molecule has 0 saturated carbocycles. The maximum atomic E-state index is 15.0. The summed E-state index contributed by atoms with van der Waals surface area (Å²) >= 11 is 0. The summed E-state index contributed by atoms with van der Waals surface area (Å²) in [5.41, 5.74) is 2.79. The molecule has 2 aromatic carbocycles. The average molecular weight is 617 g/mol. The van der Waals surface area contributed by atoms with Crippen molar-refractivity contribution < 1.29 is 23.8 Å². The molecule has 0 aliphatic carbocycles. The number of piperazine rings is 1. The van der Waals surface area contributed by atoms with Crippen LogP contribution in [0.4, 0.5) is 21.7 Å². The van der Waals surface area contributed by atoms with Crippen LogP contribution in [0.15, 0.2) is 48.8 Å². The van der Waals surface area contributed by atoms with Crippen molar-refractivity contribution in [2.45, 2.75) is 50.7 Å². The molecule has 1 aromatic heterocycles. The number of ether oxygens (including phenoxy) is 2. The number of halogens is 1. The fourth-order valence-corrected chi connectivity index (χ4v) is 5.95. The number of aliphatic hydroxyl groups is 1. The van der Waals surface area contributed by atoms with Crippen molar-refractivity contribution in [2.24, 2.45) is 0 Å². The van der Waals surface area contributed by atoms with E-state index in [9.17, 15) is 15.2 Å². The number of carbonyl (C=O) groups excluding carboxylic acids is 1. The third kappa shape index (κ3) is 6.83. The van der Waals surface area contributed by atoms with E-state index in [1.54, 1.807) is 25.1 Å². The minimum Gasteiger partial charge on any atom is -0.486 e. The topological polar surface area (TPSA) is 140 Å². The molecule has 0 radical (unpaired) electrons. The summed E-state index contributed by atoms with van der Waals surface area (Å²) in [4.78, 5) is 31.5. The molecule has 3 aromatic rings. The van der Waals surface area contributed by atoms with Gasteiger partial charge in [-0.3, -0.25) is 9.69 Å². The van der Waals surface area contributed by atoms with Crippen molar-refractivity contribution in [3.8, 4) is 23.2 Å². The first kappa shape index (κ1) is 30.6. The van der Waals surface area contributed by atoms with E-state index in [0.29, 0.717) is 23.4 Å². The number of nitrogens with zero attached hydrogens (tertiary/aromatic N) is 7. The van der Waals surface area contributed by atoms with E-state index in [2.05, 4.69) is 48.3 Å². The van der Waals surface area contributed by atoms with Crippen LogP contribution in [0.1, 0.15) is 25.8 Å². The lowest BCUT2D eigenvalue weighted by molar-refractivity contribution is -0.146. The Balaban J connectivity index is 1.08. The lowest BCUT2D eigenvalue weighted by Crippen LogP contribution is -2.56. The molecule has 4 atom stereocenters. The van der Waals surface area contributed by atoms with E-state index in [0.717, 1.165) is 45.1 Å². The monoisotopic (exact) mass is 616 g/mol. The molecule has 45 heavy (non-hydrogen) atoms. The van der Waals surface area contributed by atoms with Crippen LogP contribution in [0.3, 0.4) is 0 Å². The lowest BCUT2D eigenvalue weighted by atomic mass is 9.98. The zero-order chi connectivity index (χ0) is 31.5. The van der Waals surface area contributed by atoms with Crippen LogP contribution in [0.25, 0.3) is 11.4 Å². The number of nitriles is 1. The van der Waals surface area contributed by atoms with Crippen LogP contribution in [0.2, 0.25) is 0 Å². The predicted octanol–water partition coefficient (Wildman–Crippen LogP) is 2.76. The number of aromatic nitrogens is 3. The molecule has 3 fully saturated rings. The molecule has 13 heteroatoms. The Morgan fingerprint density at radius 1 is 1.16 bits per heavy atom. The van der Waals surface area contributed by atoms with Crippen molar-refractivity contribution in [1.29, 1.82) is 5.26 Å². The van der Waals surface area contributed by atoms with E-state index < -0.39 is 24.3 Å². The number of rotatable bonds is 8. The smallest absolute Gasteiger partial charge is 0.251 e. The highest BCUT2D eigenvalue weighted by molar-refractivity contribution is 5.80. The molecule has 3 aliphatic rings. The summed E-state index contributed by atoms with van der Waals surface area (Å²) in [6.07, 6.45) is -1.89. The first-order valence-electron chi connectivity index (χ1n) is 15.3. The Bertz CT molecular complexity index is 1540. The molecule has 0 spiro atoms. The quantitative estimate of drug-likeness (QED) is 0.386. The van der Waals surface area contributed by atoms with Crippen LogP contribution < -0.4 is 15.0 Å². The van der Waals surface area contributed by atoms with Crippen molar-refractivity contribution in [3.63, 3.8) is 0 Å². The summed E-state index contributed by atoms with van der Waals surface area (Å²) in [6, 6.07) is 15.4. The highest BCUT2D eigenvalue weighted by atomic mass is 19.1. The number of nitrogens with one attached hydrogen (secondary N) is 1. The molecular weight excluding hydrogens is 579 g/mol. The van der Waals surface area contributed by atoms with E-state index >= 15 is 4.39 Å². The maximum Gasteiger partial charge on any atom is 0.251 e. The molecule has 236 valence electrons. The fraction of sp³-hybridized carbons (Fsp3) is 0.469. The normalized spacial score (nSPS) is 23.1. The molecular formula is C32H37FN8O4. The number of alkyl halides is 1. The van der Waals surface area contributed by atoms with Gasteiger partial charge in [0.05, 0.1) is 31.4 Å². The van der Waals surface area contributed by atoms with E-state index in [1.807, 2.05) is 12.1 Å². The lowest BCUT2D eigenvalue weighted by Gasteiger charge is -2.43. The van der Waals surface area contributed by atoms with Crippen LogP contribution in [-0.2, 0) is 9.53 Å². The van der Waals surface area contributed by atoms with Crippen LogP contribution in [-0.4, -0.2) is 112 Å². The molecule has 1 unspecified atom stereocenters. The SMILES string of the molecule is CC(O)C(=O)N1C[C@@H](F)[C@@H](Oc2ccc(-c3ncnc(Nc4ccc(N5CCN(C6COC6)CC5)cc4)n3)cc2C#N)C[C@@H]1C. The summed E-state index contributed by atoms with van der Waals surface area (Å²) in [5, 5.41) is 22.7. The van der Waals surface area contributed by atoms with Gasteiger partial charge in [-0.2, -0.15) is 10.2 Å².